The molecule has 0 unspecified atom stereocenters. The number of primary amides is 1. The average Bonchev–Trinajstić information content (AvgIpc) is 3.51. The standard InChI is InChI=1S/C24H24FN3O3/c1-24-20(17-4-2-3-5-19(17)27(23(24)31)12-14-6-7-14)18(21(26)29)13-28(24)22(30)15-8-10-16(25)11-9-15/h2-5,8-11,14,18,20H,6-7,12-13H2,1H3,(H2,26,29)/t18-,20+,24-/m0/s1. The SMILES string of the molecule is C[C@@]12C(=O)N(CC3CC3)c3ccccc3[C@@H]1[C@@H](C(N)=O)CN2C(=O)c1ccc(F)cc1. The fourth-order valence-corrected chi connectivity index (χ4v) is 5.23. The number of amides is 3. The number of para-hydroxylation sites is 1. The molecule has 0 spiro atoms. The second-order valence-corrected chi connectivity index (χ2v) is 8.97. The normalized spacial score (nSPS) is 27.1. The lowest BCUT2D eigenvalue weighted by Gasteiger charge is -2.46. The van der Waals surface area contributed by atoms with E-state index in [1.165, 1.54) is 29.2 Å². The van der Waals surface area contributed by atoms with Crippen molar-refractivity contribution in [2.45, 2.75) is 31.2 Å². The van der Waals surface area contributed by atoms with Crippen LogP contribution in [0.1, 0.15) is 41.6 Å². The molecule has 3 aliphatic rings. The predicted octanol–water partition coefficient (Wildman–Crippen LogP) is 2.68. The van der Waals surface area contributed by atoms with Gasteiger partial charge in [-0.15, -0.1) is 0 Å². The van der Waals surface area contributed by atoms with Crippen molar-refractivity contribution in [1.82, 2.24) is 4.90 Å². The van der Waals surface area contributed by atoms with Crippen LogP contribution in [0.4, 0.5) is 10.1 Å². The molecule has 6 nitrogen and oxygen atoms in total. The molecule has 2 aromatic rings. The van der Waals surface area contributed by atoms with Gasteiger partial charge in [-0.2, -0.15) is 0 Å². The predicted molar refractivity (Wildman–Crippen MR) is 113 cm³/mol. The summed E-state index contributed by atoms with van der Waals surface area (Å²) in [5.41, 5.74) is 6.44. The summed E-state index contributed by atoms with van der Waals surface area (Å²) in [7, 11) is 0. The highest BCUT2D eigenvalue weighted by Crippen LogP contribution is 2.53. The summed E-state index contributed by atoms with van der Waals surface area (Å²) in [6, 6.07) is 12.8. The molecule has 0 radical (unpaired) electrons. The number of anilines is 1. The minimum atomic E-state index is -1.26. The van der Waals surface area contributed by atoms with Gasteiger partial charge in [0.1, 0.15) is 11.4 Å². The van der Waals surface area contributed by atoms with Crippen molar-refractivity contribution in [1.29, 1.82) is 0 Å². The summed E-state index contributed by atoms with van der Waals surface area (Å²) in [6.45, 7) is 2.38. The monoisotopic (exact) mass is 421 g/mol. The number of carbonyl (C=O) groups is 3. The average molecular weight is 421 g/mol. The van der Waals surface area contributed by atoms with Crippen LogP contribution in [0.15, 0.2) is 48.5 Å². The van der Waals surface area contributed by atoms with Crippen LogP contribution in [0.3, 0.4) is 0 Å². The molecule has 1 aliphatic carbocycles. The van der Waals surface area contributed by atoms with Crippen LogP contribution in [0, 0.1) is 17.7 Å². The van der Waals surface area contributed by atoms with Crippen molar-refractivity contribution in [3.05, 3.63) is 65.5 Å². The summed E-state index contributed by atoms with van der Waals surface area (Å²) < 4.78 is 13.4. The van der Waals surface area contributed by atoms with Gasteiger partial charge in [0.2, 0.25) is 5.91 Å². The molecule has 2 fully saturated rings. The molecule has 2 aliphatic heterocycles. The first-order valence-electron chi connectivity index (χ1n) is 10.6. The number of rotatable bonds is 4. The van der Waals surface area contributed by atoms with Crippen molar-refractivity contribution in [3.63, 3.8) is 0 Å². The molecule has 3 atom stereocenters. The van der Waals surface area contributed by atoms with E-state index >= 15 is 0 Å². The number of benzene rings is 2. The van der Waals surface area contributed by atoms with Crippen LogP contribution >= 0.6 is 0 Å². The van der Waals surface area contributed by atoms with E-state index in [1.807, 2.05) is 24.3 Å². The zero-order chi connectivity index (χ0) is 21.9. The highest BCUT2D eigenvalue weighted by atomic mass is 19.1. The number of likely N-dealkylation sites (tertiary alicyclic amines) is 1. The van der Waals surface area contributed by atoms with Gasteiger partial charge in [0.05, 0.1) is 5.92 Å². The highest BCUT2D eigenvalue weighted by Gasteiger charge is 2.63. The number of hydrogen-bond acceptors (Lipinski definition) is 3. The quantitative estimate of drug-likeness (QED) is 0.824. The first-order valence-corrected chi connectivity index (χ1v) is 10.6. The van der Waals surface area contributed by atoms with E-state index in [9.17, 15) is 18.8 Å². The third-order valence-corrected chi connectivity index (χ3v) is 7.03. The topological polar surface area (TPSA) is 83.7 Å². The molecule has 3 amide bonds. The van der Waals surface area contributed by atoms with Crippen molar-refractivity contribution in [2.75, 3.05) is 18.0 Å². The summed E-state index contributed by atoms with van der Waals surface area (Å²) in [5, 5.41) is 0. The van der Waals surface area contributed by atoms with Crippen LogP contribution in [0.2, 0.25) is 0 Å². The molecule has 31 heavy (non-hydrogen) atoms. The maximum atomic E-state index is 13.9. The maximum Gasteiger partial charge on any atom is 0.254 e. The summed E-state index contributed by atoms with van der Waals surface area (Å²) in [6.07, 6.45) is 2.16. The second kappa shape index (κ2) is 6.90. The van der Waals surface area contributed by atoms with Crippen LogP contribution < -0.4 is 10.6 Å². The number of carbonyl (C=O) groups excluding carboxylic acids is 3. The number of nitrogens with zero attached hydrogens (tertiary/aromatic N) is 2. The molecule has 0 bridgehead atoms. The summed E-state index contributed by atoms with van der Waals surface area (Å²) in [4.78, 5) is 43.1. The smallest absolute Gasteiger partial charge is 0.254 e. The van der Waals surface area contributed by atoms with E-state index in [2.05, 4.69) is 0 Å². The Bertz CT molecular complexity index is 1080. The molecular weight excluding hydrogens is 397 g/mol. The molecule has 5 rings (SSSR count). The second-order valence-electron chi connectivity index (χ2n) is 8.97. The van der Waals surface area contributed by atoms with Crippen LogP contribution in [-0.2, 0) is 9.59 Å². The lowest BCUT2D eigenvalue weighted by molar-refractivity contribution is -0.128. The summed E-state index contributed by atoms with van der Waals surface area (Å²) >= 11 is 0. The zero-order valence-electron chi connectivity index (χ0n) is 17.3. The molecule has 2 heterocycles. The van der Waals surface area contributed by atoms with Crippen LogP contribution in [0.25, 0.3) is 0 Å². The van der Waals surface area contributed by atoms with Crippen molar-refractivity contribution >= 4 is 23.4 Å². The third kappa shape index (κ3) is 2.94. The van der Waals surface area contributed by atoms with E-state index in [4.69, 9.17) is 5.73 Å². The fourth-order valence-electron chi connectivity index (χ4n) is 5.23. The molecule has 2 N–H and O–H groups in total. The minimum absolute atomic E-state index is 0.0457. The van der Waals surface area contributed by atoms with Gasteiger partial charge in [0.25, 0.3) is 11.8 Å². The third-order valence-electron chi connectivity index (χ3n) is 7.03. The highest BCUT2D eigenvalue weighted by molar-refractivity contribution is 6.09. The molecule has 2 aromatic carbocycles. The summed E-state index contributed by atoms with van der Waals surface area (Å²) in [5.74, 6) is -2.36. The Labute approximate surface area is 179 Å². The van der Waals surface area contributed by atoms with Crippen LogP contribution in [0.5, 0.6) is 0 Å². The van der Waals surface area contributed by atoms with Gasteiger partial charge in [0.15, 0.2) is 0 Å². The van der Waals surface area contributed by atoms with Gasteiger partial charge in [-0.05, 0) is 61.6 Å². The fraction of sp³-hybridized carbons (Fsp3) is 0.375. The van der Waals surface area contributed by atoms with Crippen LogP contribution in [-0.4, -0.2) is 41.2 Å². The molecule has 1 saturated heterocycles. The lowest BCUT2D eigenvalue weighted by Crippen LogP contribution is -2.62. The van der Waals surface area contributed by atoms with E-state index in [0.717, 1.165) is 24.1 Å². The Morgan fingerprint density at radius 1 is 1.13 bits per heavy atom. The van der Waals surface area contributed by atoms with Gasteiger partial charge in [-0.3, -0.25) is 14.4 Å². The first-order chi connectivity index (χ1) is 14.8. The Hall–Kier alpha value is -3.22. The van der Waals surface area contributed by atoms with E-state index < -0.39 is 35.0 Å². The number of fused-ring (bicyclic) bond motifs is 3. The Kier molecular flexibility index (Phi) is 4.39. The maximum absolute atomic E-state index is 13.9. The number of nitrogens with two attached hydrogens (primary N) is 1. The van der Waals surface area contributed by atoms with Gasteiger partial charge in [0, 0.05) is 30.3 Å². The Morgan fingerprint density at radius 3 is 2.45 bits per heavy atom. The van der Waals surface area contributed by atoms with E-state index in [1.54, 1.807) is 11.8 Å². The zero-order valence-corrected chi connectivity index (χ0v) is 17.3. The Balaban J connectivity index is 1.64. The van der Waals surface area contributed by atoms with Crippen molar-refractivity contribution < 1.29 is 18.8 Å². The van der Waals surface area contributed by atoms with Gasteiger partial charge >= 0.3 is 0 Å². The molecule has 1 saturated carbocycles. The molecular formula is C24H24FN3O3. The van der Waals surface area contributed by atoms with E-state index in [-0.39, 0.29) is 18.0 Å². The number of hydrogen-bond donors (Lipinski definition) is 1. The lowest BCUT2D eigenvalue weighted by atomic mass is 9.71. The van der Waals surface area contributed by atoms with Crippen molar-refractivity contribution in [2.24, 2.45) is 17.6 Å². The molecule has 160 valence electrons. The molecule has 7 heteroatoms. The van der Waals surface area contributed by atoms with Gasteiger partial charge in [-0.1, -0.05) is 18.2 Å². The minimum Gasteiger partial charge on any atom is -0.369 e. The van der Waals surface area contributed by atoms with Gasteiger partial charge < -0.3 is 15.5 Å². The Morgan fingerprint density at radius 2 is 1.81 bits per heavy atom. The van der Waals surface area contributed by atoms with E-state index in [0.29, 0.717) is 12.5 Å². The molecule has 0 aromatic heterocycles. The van der Waals surface area contributed by atoms with Gasteiger partial charge in [-0.25, -0.2) is 4.39 Å². The largest absolute Gasteiger partial charge is 0.369 e. The first kappa shape index (κ1) is 19.7. The van der Waals surface area contributed by atoms with Crippen molar-refractivity contribution in [3.8, 4) is 0 Å². The number of halogens is 1.